The first-order chi connectivity index (χ1) is 15.8. The highest BCUT2D eigenvalue weighted by molar-refractivity contribution is 8.03. The van der Waals surface area contributed by atoms with Gasteiger partial charge in [0.05, 0.1) is 28.3 Å². The van der Waals surface area contributed by atoms with Crippen LogP contribution in [0, 0.1) is 11.8 Å². The molecule has 0 bridgehead atoms. The predicted octanol–water partition coefficient (Wildman–Crippen LogP) is 3.67. The summed E-state index contributed by atoms with van der Waals surface area (Å²) < 4.78 is 6.40. The Bertz CT molecular complexity index is 1170. The topological polar surface area (TPSA) is 83.0 Å². The summed E-state index contributed by atoms with van der Waals surface area (Å²) in [5.74, 6) is -1.26. The molecular formula is C23H24ClN3O4S2. The van der Waals surface area contributed by atoms with Gasteiger partial charge >= 0.3 is 5.97 Å². The molecule has 4 atom stereocenters. The molecule has 174 valence electrons. The summed E-state index contributed by atoms with van der Waals surface area (Å²) in [6, 6.07) is 5.51. The van der Waals surface area contributed by atoms with Gasteiger partial charge in [-0.3, -0.25) is 4.79 Å². The van der Waals surface area contributed by atoms with Gasteiger partial charge in [0.2, 0.25) is 5.91 Å². The average Bonchev–Trinajstić information content (AvgIpc) is 3.24. The number of rotatable bonds is 7. The van der Waals surface area contributed by atoms with Gasteiger partial charge in [0.15, 0.2) is 5.13 Å². The quantitative estimate of drug-likeness (QED) is 0.349. The highest BCUT2D eigenvalue weighted by Crippen LogP contribution is 2.52. The van der Waals surface area contributed by atoms with Crippen LogP contribution >= 0.6 is 34.7 Å². The van der Waals surface area contributed by atoms with Gasteiger partial charge in [-0.1, -0.05) is 42.5 Å². The minimum absolute atomic E-state index is 0.0442. The van der Waals surface area contributed by atoms with Crippen molar-refractivity contribution in [3.8, 4) is 0 Å². The third-order valence-corrected chi connectivity index (χ3v) is 9.17. The third-order valence-electron chi connectivity index (χ3n) is 6.38. The molecular weight excluding hydrogens is 482 g/mol. The zero-order valence-electron chi connectivity index (χ0n) is 18.2. The SMILES string of the molecule is C=CCOC(=O)C1=C(SC2CN(c3nc4cc(Cl)ccc4s3)C2)[C@H](C)[C@@H]2[C@@H]([C@@H](C)O)C(=O)N12. The van der Waals surface area contributed by atoms with Crippen LogP contribution in [0.3, 0.4) is 0 Å². The Hall–Kier alpha value is -2.07. The summed E-state index contributed by atoms with van der Waals surface area (Å²) in [6.45, 7) is 8.90. The Morgan fingerprint density at radius 2 is 2.24 bits per heavy atom. The first-order valence-corrected chi connectivity index (χ1v) is 12.9. The normalized spacial score (nSPS) is 25.7. The molecule has 1 aromatic carbocycles. The van der Waals surface area contributed by atoms with E-state index in [0.29, 0.717) is 10.7 Å². The number of fused-ring (bicyclic) bond motifs is 2. The van der Waals surface area contributed by atoms with Gasteiger partial charge in [0, 0.05) is 34.2 Å². The number of thioether (sulfide) groups is 1. The van der Waals surface area contributed by atoms with Crippen molar-refractivity contribution in [1.29, 1.82) is 0 Å². The van der Waals surface area contributed by atoms with E-state index in [9.17, 15) is 14.7 Å². The molecule has 5 rings (SSSR count). The van der Waals surface area contributed by atoms with E-state index in [1.165, 1.54) is 11.0 Å². The zero-order chi connectivity index (χ0) is 23.4. The van der Waals surface area contributed by atoms with Crippen molar-refractivity contribution in [2.45, 2.75) is 31.2 Å². The van der Waals surface area contributed by atoms with Crippen LogP contribution < -0.4 is 4.90 Å². The number of hydrogen-bond donors (Lipinski definition) is 1. The highest BCUT2D eigenvalue weighted by Gasteiger charge is 2.60. The minimum Gasteiger partial charge on any atom is -0.457 e. The minimum atomic E-state index is -0.761. The molecule has 0 radical (unpaired) electrons. The fraction of sp³-hybridized carbons (Fsp3) is 0.435. The largest absolute Gasteiger partial charge is 0.457 e. The van der Waals surface area contributed by atoms with Gasteiger partial charge in [-0.05, 0) is 25.1 Å². The van der Waals surface area contributed by atoms with Crippen LogP contribution in [-0.2, 0) is 14.3 Å². The number of carbonyl (C=O) groups is 2. The van der Waals surface area contributed by atoms with Crippen LogP contribution in [0.4, 0.5) is 5.13 Å². The number of carbonyl (C=O) groups excluding carboxylic acids is 2. The molecule has 1 amide bonds. The van der Waals surface area contributed by atoms with Crippen LogP contribution in [0.2, 0.25) is 5.02 Å². The molecule has 0 saturated carbocycles. The smallest absolute Gasteiger partial charge is 0.356 e. The summed E-state index contributed by atoms with van der Waals surface area (Å²) >= 11 is 9.35. The number of nitrogens with zero attached hydrogens (tertiary/aromatic N) is 3. The van der Waals surface area contributed by atoms with E-state index in [1.54, 1.807) is 30.0 Å². The Kier molecular flexibility index (Phi) is 5.93. The number of benzene rings is 1. The first-order valence-electron chi connectivity index (χ1n) is 10.8. The maximum Gasteiger partial charge on any atom is 0.356 e. The van der Waals surface area contributed by atoms with Gasteiger partial charge < -0.3 is 19.6 Å². The Morgan fingerprint density at radius 3 is 2.94 bits per heavy atom. The van der Waals surface area contributed by atoms with E-state index in [-0.39, 0.29) is 29.7 Å². The van der Waals surface area contributed by atoms with E-state index in [2.05, 4.69) is 11.5 Å². The van der Waals surface area contributed by atoms with Crippen LogP contribution in [0.1, 0.15) is 13.8 Å². The lowest BCUT2D eigenvalue weighted by molar-refractivity contribution is -0.164. The summed E-state index contributed by atoms with van der Waals surface area (Å²) in [4.78, 5) is 34.9. The molecule has 33 heavy (non-hydrogen) atoms. The number of aromatic nitrogens is 1. The summed E-state index contributed by atoms with van der Waals surface area (Å²) in [7, 11) is 0. The maximum atomic E-state index is 12.8. The lowest BCUT2D eigenvalue weighted by atomic mass is 9.79. The number of amides is 1. The maximum absolute atomic E-state index is 12.8. The van der Waals surface area contributed by atoms with Crippen molar-refractivity contribution < 1.29 is 19.4 Å². The number of hydrogen-bond acceptors (Lipinski definition) is 8. The van der Waals surface area contributed by atoms with Gasteiger partial charge in [0.1, 0.15) is 12.3 Å². The average molecular weight is 506 g/mol. The van der Waals surface area contributed by atoms with Crippen LogP contribution in [-0.4, -0.2) is 64.0 Å². The number of anilines is 1. The molecule has 2 fully saturated rings. The molecule has 1 aromatic heterocycles. The van der Waals surface area contributed by atoms with E-state index >= 15 is 0 Å². The van der Waals surface area contributed by atoms with Crippen LogP contribution in [0.25, 0.3) is 10.2 Å². The fourth-order valence-electron chi connectivity index (χ4n) is 4.74. The van der Waals surface area contributed by atoms with Gasteiger partial charge in [-0.2, -0.15) is 0 Å². The van der Waals surface area contributed by atoms with Gasteiger partial charge in [-0.15, -0.1) is 11.8 Å². The van der Waals surface area contributed by atoms with Crippen molar-refractivity contribution in [3.05, 3.63) is 46.5 Å². The van der Waals surface area contributed by atoms with E-state index in [1.807, 2.05) is 25.1 Å². The zero-order valence-corrected chi connectivity index (χ0v) is 20.6. The Morgan fingerprint density at radius 1 is 1.48 bits per heavy atom. The molecule has 2 saturated heterocycles. The van der Waals surface area contributed by atoms with Crippen LogP contribution in [0.5, 0.6) is 0 Å². The number of ether oxygens (including phenoxy) is 1. The molecule has 0 unspecified atom stereocenters. The number of aliphatic hydroxyl groups excluding tert-OH is 1. The van der Waals surface area contributed by atoms with Gasteiger partial charge in [-0.25, -0.2) is 9.78 Å². The fourth-order valence-corrected chi connectivity index (χ4v) is 7.39. The number of esters is 1. The summed E-state index contributed by atoms with van der Waals surface area (Å²) in [5.41, 5.74) is 1.22. The predicted molar refractivity (Wildman–Crippen MR) is 131 cm³/mol. The lowest BCUT2D eigenvalue weighted by Crippen LogP contribution is -2.63. The summed E-state index contributed by atoms with van der Waals surface area (Å²) in [6.07, 6.45) is 0.745. The van der Waals surface area contributed by atoms with Crippen molar-refractivity contribution in [3.63, 3.8) is 0 Å². The van der Waals surface area contributed by atoms with Crippen molar-refractivity contribution in [1.82, 2.24) is 9.88 Å². The van der Waals surface area contributed by atoms with Crippen LogP contribution in [0.15, 0.2) is 41.5 Å². The molecule has 3 aliphatic rings. The molecule has 2 aromatic rings. The van der Waals surface area contributed by atoms with E-state index in [4.69, 9.17) is 21.3 Å². The number of β-lactam (4-membered cyclic amide) rings is 1. The first kappa shape index (κ1) is 22.7. The second-order valence-electron chi connectivity index (χ2n) is 8.61. The molecule has 3 aliphatic heterocycles. The van der Waals surface area contributed by atoms with E-state index in [0.717, 1.165) is 33.3 Å². The third kappa shape index (κ3) is 3.75. The molecule has 1 N–H and O–H groups in total. The highest BCUT2D eigenvalue weighted by atomic mass is 35.5. The Labute approximate surface area is 205 Å². The molecule has 10 heteroatoms. The second-order valence-corrected chi connectivity index (χ2v) is 11.4. The number of thiazole rings is 1. The van der Waals surface area contributed by atoms with Gasteiger partial charge in [0.25, 0.3) is 0 Å². The lowest BCUT2D eigenvalue weighted by Gasteiger charge is -2.46. The second kappa shape index (κ2) is 8.61. The molecule has 0 spiro atoms. The number of halogens is 1. The van der Waals surface area contributed by atoms with Crippen molar-refractivity contribution in [2.75, 3.05) is 24.6 Å². The monoisotopic (exact) mass is 505 g/mol. The van der Waals surface area contributed by atoms with Crippen molar-refractivity contribution >= 4 is 61.9 Å². The standard InChI is InChI=1S/C23H24ClN3O4S2/c1-4-7-31-22(30)19-20(11(2)18-17(12(3)28)21(29)27(18)19)32-14-9-26(10-14)23-25-15-8-13(24)5-6-16(15)33-23/h4-6,8,11-12,14,17-18,28H,1,7,9-10H2,2-3H3/t11-,12-,17-,18-/m1/s1. The number of aliphatic hydroxyl groups is 1. The molecule has 4 heterocycles. The van der Waals surface area contributed by atoms with Crippen molar-refractivity contribution in [2.24, 2.45) is 11.8 Å². The molecule has 7 nitrogen and oxygen atoms in total. The summed E-state index contributed by atoms with van der Waals surface area (Å²) in [5, 5.41) is 12.0. The molecule has 0 aliphatic carbocycles. The Balaban J connectivity index is 1.33. The van der Waals surface area contributed by atoms with E-state index < -0.39 is 18.0 Å².